The summed E-state index contributed by atoms with van der Waals surface area (Å²) in [5.74, 6) is 0.648. The molecule has 4 rings (SSSR count). The van der Waals surface area contributed by atoms with Gasteiger partial charge < -0.3 is 9.84 Å². The molecule has 9 heteroatoms. The van der Waals surface area contributed by atoms with Gasteiger partial charge in [0.25, 0.3) is 0 Å². The smallest absolute Gasteiger partial charge is 0.249 e. The van der Waals surface area contributed by atoms with E-state index >= 15 is 0 Å². The van der Waals surface area contributed by atoms with Crippen molar-refractivity contribution in [3.63, 3.8) is 0 Å². The summed E-state index contributed by atoms with van der Waals surface area (Å²) in [4.78, 5) is 16.7. The highest BCUT2D eigenvalue weighted by Crippen LogP contribution is 2.20. The third-order valence-corrected chi connectivity index (χ3v) is 4.56. The lowest BCUT2D eigenvalue weighted by molar-refractivity contribution is -0.121. The van der Waals surface area contributed by atoms with Crippen molar-refractivity contribution in [3.8, 4) is 17.1 Å². The number of nitrogens with zero attached hydrogens (tertiary/aromatic N) is 5. The number of carbonyl (C=O) groups is 1. The Kier molecular flexibility index (Phi) is 5.35. The summed E-state index contributed by atoms with van der Waals surface area (Å²) in [6, 6.07) is 14.3. The fraction of sp³-hybridized carbons (Fsp3) is 0.150. The molecule has 29 heavy (non-hydrogen) atoms. The predicted octanol–water partition coefficient (Wildman–Crippen LogP) is 3.39. The molecule has 1 atom stereocenters. The number of amides is 1. The molecular weight excluding hydrogens is 392 g/mol. The summed E-state index contributed by atoms with van der Waals surface area (Å²) in [5.41, 5.74) is 2.60. The topological polar surface area (TPSA) is 98.7 Å². The van der Waals surface area contributed by atoms with Gasteiger partial charge in [0.1, 0.15) is 18.7 Å². The minimum absolute atomic E-state index is 0.138. The first-order valence-corrected chi connectivity index (χ1v) is 9.29. The first-order chi connectivity index (χ1) is 14.1. The number of halogens is 1. The van der Waals surface area contributed by atoms with Crippen molar-refractivity contribution >= 4 is 17.5 Å². The predicted molar refractivity (Wildman–Crippen MR) is 106 cm³/mol. The van der Waals surface area contributed by atoms with Gasteiger partial charge in [0.2, 0.25) is 17.6 Å². The maximum absolute atomic E-state index is 12.4. The van der Waals surface area contributed by atoms with E-state index in [4.69, 9.17) is 16.1 Å². The molecule has 146 valence electrons. The van der Waals surface area contributed by atoms with Crippen LogP contribution < -0.4 is 5.32 Å². The van der Waals surface area contributed by atoms with Crippen molar-refractivity contribution in [2.24, 2.45) is 0 Å². The van der Waals surface area contributed by atoms with Gasteiger partial charge in [0, 0.05) is 16.3 Å². The average molecular weight is 409 g/mol. The zero-order valence-corrected chi connectivity index (χ0v) is 16.2. The van der Waals surface area contributed by atoms with Crippen LogP contribution in [0.3, 0.4) is 0 Å². The van der Waals surface area contributed by atoms with Crippen LogP contribution in [0.5, 0.6) is 0 Å². The largest absolute Gasteiger partial charge is 0.344 e. The average Bonchev–Trinajstić information content (AvgIpc) is 3.41. The van der Waals surface area contributed by atoms with E-state index in [1.165, 1.54) is 0 Å². The minimum atomic E-state index is -0.410. The molecule has 0 spiro atoms. The summed E-state index contributed by atoms with van der Waals surface area (Å²) in [6.45, 7) is 1.80. The molecule has 0 aliphatic heterocycles. The van der Waals surface area contributed by atoms with E-state index in [0.717, 1.165) is 16.8 Å². The van der Waals surface area contributed by atoms with E-state index in [1.54, 1.807) is 36.3 Å². The fourth-order valence-corrected chi connectivity index (χ4v) is 2.91. The van der Waals surface area contributed by atoms with Crippen molar-refractivity contribution in [2.75, 3.05) is 0 Å². The van der Waals surface area contributed by atoms with Crippen LogP contribution in [0.1, 0.15) is 24.4 Å². The third kappa shape index (κ3) is 4.49. The lowest BCUT2D eigenvalue weighted by Gasteiger charge is -2.10. The van der Waals surface area contributed by atoms with Crippen molar-refractivity contribution in [1.29, 1.82) is 0 Å². The van der Waals surface area contributed by atoms with Gasteiger partial charge >= 0.3 is 0 Å². The highest BCUT2D eigenvalue weighted by Gasteiger charge is 2.17. The van der Waals surface area contributed by atoms with Crippen molar-refractivity contribution in [3.05, 3.63) is 77.7 Å². The standard InChI is InChI=1S/C20H17ClN6O2/c1-13(20-25-19(26-29-20)15-4-6-16(21)7-5-15)24-18(28)10-14-2-8-17(9-3-14)27-11-22-23-12-27/h2-9,11-13H,10H2,1H3,(H,24,28). The molecule has 1 N–H and O–H groups in total. The molecule has 0 radical (unpaired) electrons. The SMILES string of the molecule is CC(NC(=O)Cc1ccc(-n2cnnc2)cc1)c1nc(-c2ccc(Cl)cc2)no1. The molecule has 0 fully saturated rings. The molecule has 2 aromatic carbocycles. The first kappa shape index (κ1) is 18.8. The quantitative estimate of drug-likeness (QED) is 0.525. The molecule has 0 aliphatic carbocycles. The van der Waals surface area contributed by atoms with Crippen molar-refractivity contribution in [1.82, 2.24) is 30.2 Å². The van der Waals surface area contributed by atoms with Crippen LogP contribution in [0.25, 0.3) is 17.1 Å². The molecule has 1 amide bonds. The van der Waals surface area contributed by atoms with E-state index in [1.807, 2.05) is 36.4 Å². The van der Waals surface area contributed by atoms with Gasteiger partial charge in [-0.2, -0.15) is 4.98 Å². The zero-order chi connectivity index (χ0) is 20.2. The van der Waals surface area contributed by atoms with Crippen LogP contribution in [-0.4, -0.2) is 30.8 Å². The third-order valence-electron chi connectivity index (χ3n) is 4.31. The van der Waals surface area contributed by atoms with Gasteiger partial charge in [-0.15, -0.1) is 10.2 Å². The summed E-state index contributed by atoms with van der Waals surface area (Å²) in [7, 11) is 0. The Hall–Kier alpha value is -3.52. The Bertz CT molecular complexity index is 1090. The lowest BCUT2D eigenvalue weighted by atomic mass is 10.1. The zero-order valence-electron chi connectivity index (χ0n) is 15.5. The number of nitrogens with one attached hydrogen (secondary N) is 1. The molecule has 0 saturated carbocycles. The monoisotopic (exact) mass is 408 g/mol. The number of hydrogen-bond donors (Lipinski definition) is 1. The number of benzene rings is 2. The second kappa shape index (κ2) is 8.24. The molecule has 2 aromatic heterocycles. The summed E-state index contributed by atoms with van der Waals surface area (Å²) in [5, 5.41) is 15.0. The van der Waals surface area contributed by atoms with Gasteiger partial charge in [-0.3, -0.25) is 9.36 Å². The van der Waals surface area contributed by atoms with Gasteiger partial charge in [-0.05, 0) is 48.9 Å². The Labute approximate surface area is 171 Å². The van der Waals surface area contributed by atoms with Crippen LogP contribution >= 0.6 is 11.6 Å². The molecular formula is C20H17ClN6O2. The van der Waals surface area contributed by atoms with Crippen LogP contribution in [-0.2, 0) is 11.2 Å². The molecule has 0 aliphatic rings. The van der Waals surface area contributed by atoms with E-state index in [2.05, 4.69) is 25.7 Å². The molecule has 2 heterocycles. The summed E-state index contributed by atoms with van der Waals surface area (Å²) in [6.07, 6.45) is 3.48. The molecule has 1 unspecified atom stereocenters. The molecule has 8 nitrogen and oxygen atoms in total. The second-order valence-corrected chi connectivity index (χ2v) is 6.90. The number of hydrogen-bond acceptors (Lipinski definition) is 6. The van der Waals surface area contributed by atoms with E-state index in [-0.39, 0.29) is 12.3 Å². The summed E-state index contributed by atoms with van der Waals surface area (Å²) < 4.78 is 7.09. The molecule has 0 saturated heterocycles. The first-order valence-electron chi connectivity index (χ1n) is 8.91. The molecule has 4 aromatic rings. The van der Waals surface area contributed by atoms with Crippen LogP contribution in [0.2, 0.25) is 5.02 Å². The maximum Gasteiger partial charge on any atom is 0.249 e. The Balaban J connectivity index is 1.36. The number of aromatic nitrogens is 5. The number of carbonyl (C=O) groups excluding carboxylic acids is 1. The Morgan fingerprint density at radius 3 is 2.48 bits per heavy atom. The summed E-state index contributed by atoms with van der Waals surface area (Å²) >= 11 is 5.89. The number of rotatable bonds is 6. The van der Waals surface area contributed by atoms with E-state index < -0.39 is 6.04 Å². The fourth-order valence-electron chi connectivity index (χ4n) is 2.79. The van der Waals surface area contributed by atoms with E-state index in [9.17, 15) is 4.79 Å². The van der Waals surface area contributed by atoms with Crippen LogP contribution in [0, 0.1) is 0 Å². The van der Waals surface area contributed by atoms with Crippen molar-refractivity contribution < 1.29 is 9.32 Å². The van der Waals surface area contributed by atoms with Gasteiger partial charge in [-0.1, -0.05) is 28.9 Å². The highest BCUT2D eigenvalue weighted by molar-refractivity contribution is 6.30. The highest BCUT2D eigenvalue weighted by atomic mass is 35.5. The Morgan fingerprint density at radius 2 is 1.79 bits per heavy atom. The van der Waals surface area contributed by atoms with E-state index in [0.29, 0.717) is 16.7 Å². The minimum Gasteiger partial charge on any atom is -0.344 e. The van der Waals surface area contributed by atoms with Crippen LogP contribution in [0.15, 0.2) is 65.7 Å². The maximum atomic E-state index is 12.4. The van der Waals surface area contributed by atoms with Crippen molar-refractivity contribution in [2.45, 2.75) is 19.4 Å². The normalized spacial score (nSPS) is 11.9. The lowest BCUT2D eigenvalue weighted by Crippen LogP contribution is -2.28. The second-order valence-electron chi connectivity index (χ2n) is 6.46. The van der Waals surface area contributed by atoms with Gasteiger partial charge in [-0.25, -0.2) is 0 Å². The molecule has 0 bridgehead atoms. The van der Waals surface area contributed by atoms with Gasteiger partial charge in [0.15, 0.2) is 0 Å². The van der Waals surface area contributed by atoms with Gasteiger partial charge in [0.05, 0.1) is 6.42 Å². The van der Waals surface area contributed by atoms with Crippen LogP contribution in [0.4, 0.5) is 0 Å². The Morgan fingerprint density at radius 1 is 1.10 bits per heavy atom.